The van der Waals surface area contributed by atoms with Crippen molar-refractivity contribution in [2.45, 2.75) is 50.0 Å². The number of sulfonamides is 1. The summed E-state index contributed by atoms with van der Waals surface area (Å²) in [6.45, 7) is 1.87. The van der Waals surface area contributed by atoms with Crippen LogP contribution in [0.5, 0.6) is 0 Å². The summed E-state index contributed by atoms with van der Waals surface area (Å²) in [6, 6.07) is 3.47. The lowest BCUT2D eigenvalue weighted by molar-refractivity contribution is -0.133. The Kier molecular flexibility index (Phi) is 6.92. The van der Waals surface area contributed by atoms with Crippen LogP contribution in [0.1, 0.15) is 37.7 Å². The Morgan fingerprint density at radius 3 is 2.84 bits per heavy atom. The number of carbonyl (C=O) groups excluding carboxylic acids is 1. The van der Waals surface area contributed by atoms with E-state index in [1.54, 1.807) is 4.90 Å². The van der Waals surface area contributed by atoms with Gasteiger partial charge in [-0.2, -0.15) is 0 Å². The molecule has 140 valence electrons. The summed E-state index contributed by atoms with van der Waals surface area (Å²) < 4.78 is 40.2. The van der Waals surface area contributed by atoms with E-state index in [2.05, 4.69) is 4.72 Å². The van der Waals surface area contributed by atoms with Crippen LogP contribution in [-0.2, 0) is 14.8 Å². The maximum Gasteiger partial charge on any atom is 0.241 e. The number of hydrogen-bond acceptors (Lipinski definition) is 4. The average Bonchev–Trinajstić information content (AvgIpc) is 2.58. The molecule has 1 aromatic carbocycles. The Morgan fingerprint density at radius 2 is 2.16 bits per heavy atom. The normalized spacial score (nSPS) is 18.4. The number of nitrogens with zero attached hydrogens (tertiary/aromatic N) is 1. The molecule has 0 aliphatic carbocycles. The monoisotopic (exact) mass is 372 g/mol. The smallest absolute Gasteiger partial charge is 0.241 e. The fraction of sp³-hybridized carbons (Fsp3) is 0.588. The summed E-state index contributed by atoms with van der Waals surface area (Å²) in [5.74, 6) is -0.779. The lowest BCUT2D eigenvalue weighted by Crippen LogP contribution is -2.48. The highest BCUT2D eigenvalue weighted by Crippen LogP contribution is 2.21. The Morgan fingerprint density at radius 1 is 1.40 bits per heavy atom. The molecule has 1 heterocycles. The molecule has 25 heavy (non-hydrogen) atoms. The molecule has 8 heteroatoms. The summed E-state index contributed by atoms with van der Waals surface area (Å²) in [7, 11) is -3.88. The Bertz CT molecular complexity index is 709. The van der Waals surface area contributed by atoms with Crippen LogP contribution in [0.3, 0.4) is 0 Å². The number of aliphatic hydroxyl groups excluding tert-OH is 1. The third-order valence-corrected chi connectivity index (χ3v) is 6.04. The number of nitrogens with one attached hydrogen (secondary N) is 1. The minimum Gasteiger partial charge on any atom is -0.396 e. The van der Waals surface area contributed by atoms with Crippen molar-refractivity contribution in [2.24, 2.45) is 0 Å². The van der Waals surface area contributed by atoms with Crippen molar-refractivity contribution in [1.82, 2.24) is 9.62 Å². The van der Waals surface area contributed by atoms with Crippen LogP contribution in [0, 0.1) is 12.7 Å². The van der Waals surface area contributed by atoms with E-state index >= 15 is 0 Å². The number of piperidine rings is 1. The third kappa shape index (κ3) is 5.23. The van der Waals surface area contributed by atoms with Crippen LogP contribution >= 0.6 is 0 Å². The minimum atomic E-state index is -3.88. The molecule has 2 N–H and O–H groups in total. The van der Waals surface area contributed by atoms with Gasteiger partial charge in [0.1, 0.15) is 5.82 Å². The molecule has 1 saturated heterocycles. The summed E-state index contributed by atoms with van der Waals surface area (Å²) in [5, 5.41) is 8.98. The molecule has 1 unspecified atom stereocenters. The van der Waals surface area contributed by atoms with E-state index in [0.29, 0.717) is 24.9 Å². The van der Waals surface area contributed by atoms with Gasteiger partial charge in [0.05, 0.1) is 11.4 Å². The van der Waals surface area contributed by atoms with Crippen LogP contribution in [0.25, 0.3) is 0 Å². The first-order valence-electron chi connectivity index (χ1n) is 8.51. The van der Waals surface area contributed by atoms with Crippen molar-refractivity contribution in [3.63, 3.8) is 0 Å². The predicted molar refractivity (Wildman–Crippen MR) is 92.0 cm³/mol. The molecule has 0 radical (unpaired) electrons. The molecule has 0 saturated carbocycles. The van der Waals surface area contributed by atoms with E-state index in [-0.39, 0.29) is 30.0 Å². The molecule has 1 aromatic rings. The van der Waals surface area contributed by atoms with Gasteiger partial charge in [-0.3, -0.25) is 4.79 Å². The van der Waals surface area contributed by atoms with Gasteiger partial charge >= 0.3 is 0 Å². The van der Waals surface area contributed by atoms with Crippen LogP contribution in [0.4, 0.5) is 4.39 Å². The second kappa shape index (κ2) is 8.73. The molecular weight excluding hydrogens is 347 g/mol. The van der Waals surface area contributed by atoms with Gasteiger partial charge in [0, 0.05) is 19.2 Å². The summed E-state index contributed by atoms with van der Waals surface area (Å²) in [6.07, 6.45) is 4.13. The highest BCUT2D eigenvalue weighted by molar-refractivity contribution is 7.89. The first kappa shape index (κ1) is 19.8. The summed E-state index contributed by atoms with van der Waals surface area (Å²) in [4.78, 5) is 14.1. The maximum atomic E-state index is 13.1. The standard InChI is InChI=1S/C17H25FN2O4S/c1-13-11-14(18)7-8-16(13)25(23,24)19-12-17(22)20-9-3-2-5-15(20)6-4-10-21/h7-8,11,15,19,21H,2-6,9-10,12H2,1H3. The zero-order chi connectivity index (χ0) is 18.4. The fourth-order valence-electron chi connectivity index (χ4n) is 3.21. The van der Waals surface area contributed by atoms with E-state index in [0.717, 1.165) is 31.4 Å². The highest BCUT2D eigenvalue weighted by Gasteiger charge is 2.27. The first-order valence-corrected chi connectivity index (χ1v) is 9.99. The molecule has 0 spiro atoms. The molecule has 1 aliphatic rings. The van der Waals surface area contributed by atoms with Gasteiger partial charge in [-0.25, -0.2) is 17.5 Å². The van der Waals surface area contributed by atoms with Crippen molar-refractivity contribution in [2.75, 3.05) is 19.7 Å². The summed E-state index contributed by atoms with van der Waals surface area (Å²) in [5.41, 5.74) is 0.291. The zero-order valence-corrected chi connectivity index (χ0v) is 15.2. The lowest BCUT2D eigenvalue weighted by atomic mass is 9.98. The molecule has 1 atom stereocenters. The van der Waals surface area contributed by atoms with E-state index in [1.165, 1.54) is 13.0 Å². The molecule has 6 nitrogen and oxygen atoms in total. The minimum absolute atomic E-state index is 0.0304. The first-order chi connectivity index (χ1) is 11.8. The molecule has 1 aliphatic heterocycles. The van der Waals surface area contributed by atoms with E-state index in [9.17, 15) is 17.6 Å². The largest absolute Gasteiger partial charge is 0.396 e. The fourth-order valence-corrected chi connectivity index (χ4v) is 4.41. The number of amides is 1. The number of aryl methyl sites for hydroxylation is 1. The maximum absolute atomic E-state index is 13.1. The average molecular weight is 372 g/mol. The lowest BCUT2D eigenvalue weighted by Gasteiger charge is -2.36. The van der Waals surface area contributed by atoms with Gasteiger partial charge in [-0.15, -0.1) is 0 Å². The van der Waals surface area contributed by atoms with Gasteiger partial charge in [-0.05, 0) is 62.8 Å². The second-order valence-corrected chi connectivity index (χ2v) is 8.07. The van der Waals surface area contributed by atoms with Gasteiger partial charge in [0.25, 0.3) is 0 Å². The Labute approximate surface area is 148 Å². The van der Waals surface area contributed by atoms with E-state index in [4.69, 9.17) is 5.11 Å². The second-order valence-electron chi connectivity index (χ2n) is 6.34. The number of halogens is 1. The van der Waals surface area contributed by atoms with Gasteiger partial charge in [0.15, 0.2) is 0 Å². The zero-order valence-electron chi connectivity index (χ0n) is 14.4. The van der Waals surface area contributed by atoms with Crippen molar-refractivity contribution in [3.05, 3.63) is 29.6 Å². The number of aliphatic hydroxyl groups is 1. The van der Waals surface area contributed by atoms with Crippen molar-refractivity contribution in [3.8, 4) is 0 Å². The molecule has 2 rings (SSSR count). The summed E-state index contributed by atoms with van der Waals surface area (Å²) >= 11 is 0. The Hall–Kier alpha value is -1.51. The number of benzene rings is 1. The number of hydrogen-bond donors (Lipinski definition) is 2. The van der Waals surface area contributed by atoms with Crippen molar-refractivity contribution >= 4 is 15.9 Å². The number of carbonyl (C=O) groups is 1. The van der Waals surface area contributed by atoms with Crippen LogP contribution in [0.15, 0.2) is 23.1 Å². The molecule has 0 bridgehead atoms. The molecule has 1 amide bonds. The van der Waals surface area contributed by atoms with Gasteiger partial charge < -0.3 is 10.0 Å². The number of likely N-dealkylation sites (tertiary alicyclic amines) is 1. The van der Waals surface area contributed by atoms with Crippen molar-refractivity contribution in [1.29, 1.82) is 0 Å². The van der Waals surface area contributed by atoms with Crippen molar-refractivity contribution < 1.29 is 22.7 Å². The Balaban J connectivity index is 2.02. The quantitative estimate of drug-likeness (QED) is 0.761. The molecular formula is C17H25FN2O4S. The van der Waals surface area contributed by atoms with E-state index in [1.807, 2.05) is 0 Å². The van der Waals surface area contributed by atoms with Gasteiger partial charge in [0.2, 0.25) is 15.9 Å². The van der Waals surface area contributed by atoms with Gasteiger partial charge in [-0.1, -0.05) is 0 Å². The predicted octanol–water partition coefficient (Wildman–Crippen LogP) is 1.57. The number of rotatable bonds is 7. The molecule has 1 fully saturated rings. The SMILES string of the molecule is Cc1cc(F)ccc1S(=O)(=O)NCC(=O)N1CCCCC1CCCO. The highest BCUT2D eigenvalue weighted by atomic mass is 32.2. The topological polar surface area (TPSA) is 86.7 Å². The molecule has 0 aromatic heterocycles. The van der Waals surface area contributed by atoms with Crippen LogP contribution in [-0.4, -0.2) is 50.1 Å². The van der Waals surface area contributed by atoms with Crippen LogP contribution in [0.2, 0.25) is 0 Å². The van der Waals surface area contributed by atoms with E-state index < -0.39 is 15.8 Å². The third-order valence-electron chi connectivity index (χ3n) is 4.48. The van der Waals surface area contributed by atoms with Crippen LogP contribution < -0.4 is 4.72 Å².